The van der Waals surface area contributed by atoms with Gasteiger partial charge in [0.25, 0.3) is 0 Å². The minimum Gasteiger partial charge on any atom is -0.493 e. The Kier molecular flexibility index (Phi) is 6.44. The van der Waals surface area contributed by atoms with Gasteiger partial charge in [0.1, 0.15) is 24.2 Å². The molecule has 0 bridgehead atoms. The van der Waals surface area contributed by atoms with Crippen LogP contribution in [0.2, 0.25) is 0 Å². The van der Waals surface area contributed by atoms with Crippen LogP contribution in [0.3, 0.4) is 0 Å². The normalized spacial score (nSPS) is 15.5. The van der Waals surface area contributed by atoms with E-state index in [1.54, 1.807) is 6.92 Å². The first-order valence-electron chi connectivity index (χ1n) is 9.56. The third-order valence-corrected chi connectivity index (χ3v) is 6.03. The fraction of sp³-hybridized carbons (Fsp3) is 0.381. The molecule has 0 saturated heterocycles. The van der Waals surface area contributed by atoms with E-state index in [2.05, 4.69) is 4.72 Å². The Bertz CT molecular complexity index is 985. The minimum atomic E-state index is -3.56. The van der Waals surface area contributed by atoms with Crippen LogP contribution in [0.5, 0.6) is 11.5 Å². The predicted molar refractivity (Wildman–Crippen MR) is 108 cm³/mol. The van der Waals surface area contributed by atoms with Gasteiger partial charge >= 0.3 is 5.97 Å². The molecule has 7 nitrogen and oxygen atoms in total. The number of esters is 1. The molecule has 29 heavy (non-hydrogen) atoms. The number of hydrogen-bond donors (Lipinski definition) is 1. The summed E-state index contributed by atoms with van der Waals surface area (Å²) in [5.74, 6) is 0.906. The van der Waals surface area contributed by atoms with Gasteiger partial charge in [-0.3, -0.25) is 0 Å². The maximum atomic E-state index is 12.4. The Hall–Kier alpha value is -2.58. The molecule has 0 spiro atoms. The number of rotatable bonds is 8. The number of carbonyl (C=O) groups excluding carboxylic acids is 1. The second-order valence-corrected chi connectivity index (χ2v) is 8.50. The zero-order valence-electron chi connectivity index (χ0n) is 16.7. The molecule has 156 valence electrons. The summed E-state index contributed by atoms with van der Waals surface area (Å²) in [5, 5.41) is 0. The molecule has 0 fully saturated rings. The van der Waals surface area contributed by atoms with Gasteiger partial charge in [0.05, 0.1) is 17.1 Å². The van der Waals surface area contributed by atoms with Crippen molar-refractivity contribution in [3.8, 4) is 11.5 Å². The summed E-state index contributed by atoms with van der Waals surface area (Å²) >= 11 is 0. The number of nitrogens with one attached hydrogen (secondary N) is 1. The van der Waals surface area contributed by atoms with Gasteiger partial charge < -0.3 is 14.2 Å². The van der Waals surface area contributed by atoms with Crippen molar-refractivity contribution in [2.45, 2.75) is 44.8 Å². The monoisotopic (exact) mass is 419 g/mol. The van der Waals surface area contributed by atoms with Gasteiger partial charge in [-0.25, -0.2) is 17.9 Å². The van der Waals surface area contributed by atoms with E-state index in [1.807, 2.05) is 26.0 Å². The van der Waals surface area contributed by atoms with E-state index in [0.29, 0.717) is 12.4 Å². The van der Waals surface area contributed by atoms with Gasteiger partial charge in [-0.15, -0.1) is 0 Å². The Morgan fingerprint density at radius 1 is 1.21 bits per heavy atom. The van der Waals surface area contributed by atoms with Crippen LogP contribution in [0.25, 0.3) is 0 Å². The molecule has 1 aliphatic rings. The molecule has 0 saturated carbocycles. The number of fused-ring (bicyclic) bond motifs is 1. The fourth-order valence-corrected chi connectivity index (χ4v) is 4.20. The molecule has 3 rings (SSSR count). The van der Waals surface area contributed by atoms with Crippen molar-refractivity contribution >= 4 is 16.0 Å². The van der Waals surface area contributed by atoms with Gasteiger partial charge in [0.15, 0.2) is 0 Å². The Morgan fingerprint density at radius 3 is 2.59 bits per heavy atom. The zero-order chi connectivity index (χ0) is 21.0. The molecule has 0 aliphatic carbocycles. The summed E-state index contributed by atoms with van der Waals surface area (Å²) in [6, 6.07) is 9.41. The second kappa shape index (κ2) is 8.84. The summed E-state index contributed by atoms with van der Waals surface area (Å²) < 4.78 is 43.3. The smallest absolute Gasteiger partial charge is 0.338 e. The van der Waals surface area contributed by atoms with Crippen LogP contribution < -0.4 is 14.2 Å². The van der Waals surface area contributed by atoms with Crippen LogP contribution in [0.1, 0.15) is 42.3 Å². The number of sulfonamides is 1. The molecule has 0 radical (unpaired) electrons. The maximum Gasteiger partial charge on any atom is 0.338 e. The van der Waals surface area contributed by atoms with E-state index in [9.17, 15) is 13.2 Å². The van der Waals surface area contributed by atoms with Crippen molar-refractivity contribution < 1.29 is 27.4 Å². The molecule has 8 heteroatoms. The Balaban J connectivity index is 1.71. The van der Waals surface area contributed by atoms with E-state index >= 15 is 0 Å². The average molecular weight is 419 g/mol. The molecule has 1 aliphatic heterocycles. The van der Waals surface area contributed by atoms with Crippen LogP contribution in [-0.4, -0.2) is 33.6 Å². The Labute approximate surface area is 171 Å². The van der Waals surface area contributed by atoms with Crippen molar-refractivity contribution in [2.75, 3.05) is 13.2 Å². The van der Waals surface area contributed by atoms with Crippen molar-refractivity contribution in [3.63, 3.8) is 0 Å². The van der Waals surface area contributed by atoms with Crippen molar-refractivity contribution in [2.24, 2.45) is 0 Å². The number of benzene rings is 2. The molecule has 1 atom stereocenters. The van der Waals surface area contributed by atoms with Crippen LogP contribution in [0, 0.1) is 0 Å². The summed E-state index contributed by atoms with van der Waals surface area (Å²) in [6.45, 7) is 6.40. The molecule has 0 amide bonds. The van der Waals surface area contributed by atoms with Gasteiger partial charge in [0.2, 0.25) is 10.0 Å². The molecular weight excluding hydrogens is 394 g/mol. The lowest BCUT2D eigenvalue weighted by Gasteiger charge is -2.13. The van der Waals surface area contributed by atoms with Gasteiger partial charge in [-0.1, -0.05) is 6.92 Å². The van der Waals surface area contributed by atoms with E-state index in [4.69, 9.17) is 14.2 Å². The first kappa shape index (κ1) is 21.1. The number of ether oxygens (including phenoxy) is 3. The number of hydrogen-bond acceptors (Lipinski definition) is 6. The largest absolute Gasteiger partial charge is 0.493 e. The van der Waals surface area contributed by atoms with Crippen LogP contribution in [0.4, 0.5) is 0 Å². The molecular formula is C21H25NO6S. The van der Waals surface area contributed by atoms with Gasteiger partial charge in [0, 0.05) is 24.1 Å². The second-order valence-electron chi connectivity index (χ2n) is 6.74. The highest BCUT2D eigenvalue weighted by molar-refractivity contribution is 7.89. The summed E-state index contributed by atoms with van der Waals surface area (Å²) in [5.41, 5.74) is 2.07. The van der Waals surface area contributed by atoms with Crippen molar-refractivity contribution in [1.82, 2.24) is 4.72 Å². The topological polar surface area (TPSA) is 90.9 Å². The summed E-state index contributed by atoms with van der Waals surface area (Å²) in [4.78, 5) is 12.5. The van der Waals surface area contributed by atoms with Gasteiger partial charge in [-0.2, -0.15) is 0 Å². The molecule has 0 aromatic heterocycles. The van der Waals surface area contributed by atoms with Gasteiger partial charge in [-0.05, 0) is 50.2 Å². The SMILES string of the molecule is CCNS(=O)(=O)c1ccc(C(=O)OCc2cc3c(cc2OCC)CC(C)O3)cc1. The first-order chi connectivity index (χ1) is 13.8. The highest BCUT2D eigenvalue weighted by Crippen LogP contribution is 2.35. The molecule has 1 unspecified atom stereocenters. The average Bonchev–Trinajstić information content (AvgIpc) is 3.05. The fourth-order valence-electron chi connectivity index (χ4n) is 3.15. The standard InChI is InChI=1S/C21H25NO6S/c1-4-22-29(24,25)18-8-6-15(7-9-18)21(23)27-13-17-12-20-16(10-14(3)28-20)11-19(17)26-5-2/h6-9,11-12,14,22H,4-5,10,13H2,1-3H3. The lowest BCUT2D eigenvalue weighted by atomic mass is 10.1. The maximum absolute atomic E-state index is 12.4. The van der Waals surface area contributed by atoms with Crippen LogP contribution in [0.15, 0.2) is 41.3 Å². The lowest BCUT2D eigenvalue weighted by molar-refractivity contribution is 0.0469. The lowest BCUT2D eigenvalue weighted by Crippen LogP contribution is -2.23. The molecule has 1 N–H and O–H groups in total. The third kappa shape index (κ3) is 4.89. The highest BCUT2D eigenvalue weighted by atomic mass is 32.2. The molecule has 2 aromatic rings. The summed E-state index contributed by atoms with van der Waals surface area (Å²) in [7, 11) is -3.56. The van der Waals surface area contributed by atoms with E-state index in [0.717, 1.165) is 23.3 Å². The van der Waals surface area contributed by atoms with Crippen molar-refractivity contribution in [3.05, 3.63) is 53.1 Å². The molecule has 2 aromatic carbocycles. The first-order valence-corrected chi connectivity index (χ1v) is 11.0. The van der Waals surface area contributed by atoms with E-state index < -0.39 is 16.0 Å². The van der Waals surface area contributed by atoms with Crippen molar-refractivity contribution in [1.29, 1.82) is 0 Å². The molecule has 1 heterocycles. The zero-order valence-corrected chi connectivity index (χ0v) is 17.5. The minimum absolute atomic E-state index is 0.0244. The quantitative estimate of drug-likeness (QED) is 0.662. The van der Waals surface area contributed by atoms with Crippen LogP contribution >= 0.6 is 0 Å². The summed E-state index contributed by atoms with van der Waals surface area (Å²) in [6.07, 6.45) is 0.923. The third-order valence-electron chi connectivity index (χ3n) is 4.47. The predicted octanol–water partition coefficient (Wildman–Crippen LogP) is 3.06. The highest BCUT2D eigenvalue weighted by Gasteiger charge is 2.22. The Morgan fingerprint density at radius 2 is 1.93 bits per heavy atom. The van der Waals surface area contributed by atoms with E-state index in [1.165, 1.54) is 24.3 Å². The number of carbonyl (C=O) groups is 1. The van der Waals surface area contributed by atoms with Crippen LogP contribution in [-0.2, 0) is 27.8 Å². The van der Waals surface area contributed by atoms with E-state index in [-0.39, 0.29) is 29.7 Å².